The summed E-state index contributed by atoms with van der Waals surface area (Å²) in [7, 11) is 3.15. The molecule has 2 rings (SSSR count). The second kappa shape index (κ2) is 7.18. The number of carbonyl (C=O) groups is 1. The van der Waals surface area contributed by atoms with E-state index in [-0.39, 0.29) is 12.3 Å². The molecular weight excluding hydrogens is 302 g/mol. The fraction of sp³-hybridized carbons (Fsp3) is 0.235. The number of aryl methyl sites for hydroxylation is 1. The van der Waals surface area contributed by atoms with Crippen molar-refractivity contribution in [3.8, 4) is 11.5 Å². The molecule has 0 saturated carbocycles. The number of amides is 1. The van der Waals surface area contributed by atoms with Crippen molar-refractivity contribution in [2.45, 2.75) is 13.3 Å². The van der Waals surface area contributed by atoms with Crippen molar-refractivity contribution in [1.29, 1.82) is 0 Å². The van der Waals surface area contributed by atoms with E-state index in [9.17, 15) is 4.79 Å². The van der Waals surface area contributed by atoms with E-state index in [0.717, 1.165) is 16.9 Å². The smallest absolute Gasteiger partial charge is 0.228 e. The Bertz CT molecular complexity index is 668. The Hall–Kier alpha value is -2.20. The van der Waals surface area contributed by atoms with Crippen LogP contribution in [-0.4, -0.2) is 20.1 Å². The molecule has 0 atom stereocenters. The first kappa shape index (κ1) is 16.2. The van der Waals surface area contributed by atoms with Crippen LogP contribution in [0.1, 0.15) is 11.1 Å². The number of rotatable bonds is 5. The number of nitrogens with one attached hydrogen (secondary N) is 1. The predicted molar refractivity (Wildman–Crippen MR) is 88.1 cm³/mol. The van der Waals surface area contributed by atoms with Gasteiger partial charge in [-0.3, -0.25) is 4.79 Å². The van der Waals surface area contributed by atoms with Gasteiger partial charge in [-0.1, -0.05) is 23.7 Å². The van der Waals surface area contributed by atoms with Crippen molar-refractivity contribution in [1.82, 2.24) is 0 Å². The Balaban J connectivity index is 2.09. The third-order valence-corrected chi connectivity index (χ3v) is 3.69. The number of hydrogen-bond acceptors (Lipinski definition) is 3. The van der Waals surface area contributed by atoms with Crippen LogP contribution in [0.15, 0.2) is 36.4 Å². The van der Waals surface area contributed by atoms with Crippen molar-refractivity contribution in [3.63, 3.8) is 0 Å². The van der Waals surface area contributed by atoms with E-state index in [2.05, 4.69) is 5.32 Å². The molecule has 0 aliphatic rings. The normalized spacial score (nSPS) is 10.2. The summed E-state index contributed by atoms with van der Waals surface area (Å²) in [5.74, 6) is 1.18. The number of hydrogen-bond donors (Lipinski definition) is 1. The zero-order valence-electron chi connectivity index (χ0n) is 12.8. The summed E-state index contributed by atoms with van der Waals surface area (Å²) in [5, 5.41) is 3.45. The molecule has 0 aliphatic heterocycles. The summed E-state index contributed by atoms with van der Waals surface area (Å²) in [6.45, 7) is 1.88. The Morgan fingerprint density at radius 2 is 1.82 bits per heavy atom. The molecule has 2 aromatic rings. The number of anilines is 1. The molecule has 0 unspecified atom stereocenters. The second-order valence-electron chi connectivity index (χ2n) is 4.87. The lowest BCUT2D eigenvalue weighted by molar-refractivity contribution is -0.115. The van der Waals surface area contributed by atoms with Gasteiger partial charge in [0.05, 0.1) is 26.3 Å². The van der Waals surface area contributed by atoms with Gasteiger partial charge in [0.1, 0.15) is 11.5 Å². The van der Waals surface area contributed by atoms with Crippen LogP contribution in [0, 0.1) is 6.92 Å². The van der Waals surface area contributed by atoms with Crippen molar-refractivity contribution in [3.05, 3.63) is 52.5 Å². The molecule has 0 fully saturated rings. The molecule has 0 spiro atoms. The minimum Gasteiger partial charge on any atom is -0.497 e. The van der Waals surface area contributed by atoms with Crippen LogP contribution in [0.4, 0.5) is 5.69 Å². The van der Waals surface area contributed by atoms with Crippen molar-refractivity contribution in [2.24, 2.45) is 0 Å². The molecule has 116 valence electrons. The van der Waals surface area contributed by atoms with Crippen molar-refractivity contribution < 1.29 is 14.3 Å². The van der Waals surface area contributed by atoms with E-state index in [4.69, 9.17) is 21.1 Å². The Morgan fingerprint density at radius 3 is 2.41 bits per heavy atom. The van der Waals surface area contributed by atoms with Crippen LogP contribution in [0.25, 0.3) is 0 Å². The highest BCUT2D eigenvalue weighted by molar-refractivity contribution is 6.31. The standard InChI is InChI=1S/C17H18ClNO3/c1-11-8-15(16(22-3)10-14(11)18)19-17(20)9-12-4-6-13(21-2)7-5-12/h4-8,10H,9H2,1-3H3,(H,19,20). The Kier molecular flexibility index (Phi) is 5.28. The van der Waals surface area contributed by atoms with Gasteiger partial charge >= 0.3 is 0 Å². The Morgan fingerprint density at radius 1 is 1.14 bits per heavy atom. The lowest BCUT2D eigenvalue weighted by atomic mass is 10.1. The molecule has 4 nitrogen and oxygen atoms in total. The number of ether oxygens (including phenoxy) is 2. The predicted octanol–water partition coefficient (Wildman–Crippen LogP) is 3.85. The van der Waals surface area contributed by atoms with Crippen LogP contribution in [0.3, 0.4) is 0 Å². The quantitative estimate of drug-likeness (QED) is 0.910. The zero-order valence-corrected chi connectivity index (χ0v) is 13.5. The third-order valence-electron chi connectivity index (χ3n) is 3.28. The van der Waals surface area contributed by atoms with E-state index in [1.807, 2.05) is 31.2 Å². The second-order valence-corrected chi connectivity index (χ2v) is 5.28. The molecule has 0 bridgehead atoms. The van der Waals surface area contributed by atoms with Crippen molar-refractivity contribution >= 4 is 23.2 Å². The first-order valence-corrected chi connectivity index (χ1v) is 7.18. The highest BCUT2D eigenvalue weighted by atomic mass is 35.5. The Labute approximate surface area is 135 Å². The average molecular weight is 320 g/mol. The van der Waals surface area contributed by atoms with Crippen LogP contribution in [-0.2, 0) is 11.2 Å². The van der Waals surface area contributed by atoms with Gasteiger partial charge in [0.15, 0.2) is 0 Å². The zero-order chi connectivity index (χ0) is 16.1. The van der Waals surface area contributed by atoms with Gasteiger partial charge in [0.25, 0.3) is 0 Å². The maximum absolute atomic E-state index is 12.2. The van der Waals surface area contributed by atoms with E-state index in [1.54, 1.807) is 26.4 Å². The first-order chi connectivity index (χ1) is 10.5. The summed E-state index contributed by atoms with van der Waals surface area (Å²) in [6.07, 6.45) is 0.273. The molecule has 0 saturated heterocycles. The van der Waals surface area contributed by atoms with Gasteiger partial charge in [-0.05, 0) is 36.2 Å². The molecule has 5 heteroatoms. The number of carbonyl (C=O) groups excluding carboxylic acids is 1. The third kappa shape index (κ3) is 3.92. The van der Waals surface area contributed by atoms with E-state index >= 15 is 0 Å². The lowest BCUT2D eigenvalue weighted by Gasteiger charge is -2.12. The number of benzene rings is 2. The van der Waals surface area contributed by atoms with Crippen LogP contribution >= 0.6 is 11.6 Å². The van der Waals surface area contributed by atoms with Gasteiger partial charge in [-0.15, -0.1) is 0 Å². The maximum Gasteiger partial charge on any atom is 0.228 e. The molecule has 0 aromatic heterocycles. The molecule has 22 heavy (non-hydrogen) atoms. The summed E-state index contributed by atoms with van der Waals surface area (Å²) in [5.41, 5.74) is 2.40. The van der Waals surface area contributed by atoms with Gasteiger partial charge in [-0.2, -0.15) is 0 Å². The monoisotopic (exact) mass is 319 g/mol. The average Bonchev–Trinajstić information content (AvgIpc) is 2.51. The van der Waals surface area contributed by atoms with Gasteiger partial charge in [0, 0.05) is 11.1 Å². The molecular formula is C17H18ClNO3. The molecule has 0 aliphatic carbocycles. The van der Waals surface area contributed by atoms with Crippen molar-refractivity contribution in [2.75, 3.05) is 19.5 Å². The molecule has 2 aromatic carbocycles. The highest BCUT2D eigenvalue weighted by Gasteiger charge is 2.11. The fourth-order valence-electron chi connectivity index (χ4n) is 2.05. The van der Waals surface area contributed by atoms with Gasteiger partial charge in [-0.25, -0.2) is 0 Å². The SMILES string of the molecule is COc1ccc(CC(=O)Nc2cc(C)c(Cl)cc2OC)cc1. The van der Waals surface area contributed by atoms with E-state index < -0.39 is 0 Å². The molecule has 0 radical (unpaired) electrons. The summed E-state index contributed by atoms with van der Waals surface area (Å²) in [6, 6.07) is 10.9. The minimum absolute atomic E-state index is 0.120. The van der Waals surface area contributed by atoms with Crippen LogP contribution in [0.2, 0.25) is 5.02 Å². The fourth-order valence-corrected chi connectivity index (χ4v) is 2.21. The van der Waals surface area contributed by atoms with Gasteiger partial charge in [0.2, 0.25) is 5.91 Å². The summed E-state index contributed by atoms with van der Waals surface area (Å²) >= 11 is 6.05. The van der Waals surface area contributed by atoms with Crippen LogP contribution < -0.4 is 14.8 Å². The summed E-state index contributed by atoms with van der Waals surface area (Å²) < 4.78 is 10.3. The maximum atomic E-state index is 12.2. The lowest BCUT2D eigenvalue weighted by Crippen LogP contribution is -2.15. The summed E-state index contributed by atoms with van der Waals surface area (Å²) in [4.78, 5) is 12.2. The highest BCUT2D eigenvalue weighted by Crippen LogP contribution is 2.31. The molecule has 0 heterocycles. The van der Waals surface area contributed by atoms with Gasteiger partial charge < -0.3 is 14.8 Å². The largest absolute Gasteiger partial charge is 0.497 e. The topological polar surface area (TPSA) is 47.6 Å². The first-order valence-electron chi connectivity index (χ1n) is 6.80. The van der Waals surface area contributed by atoms with Crippen LogP contribution in [0.5, 0.6) is 11.5 Å². The van der Waals surface area contributed by atoms with E-state index in [1.165, 1.54) is 0 Å². The van der Waals surface area contributed by atoms with E-state index in [0.29, 0.717) is 16.5 Å². The number of halogens is 1. The molecule has 1 amide bonds. The molecule has 1 N–H and O–H groups in total. The number of methoxy groups -OCH3 is 2. The minimum atomic E-state index is -0.120.